The number of rotatable bonds is 3. The first-order valence-corrected chi connectivity index (χ1v) is 11.9. The molecule has 0 bridgehead atoms. The first kappa shape index (κ1) is 23.6. The van der Waals surface area contributed by atoms with Gasteiger partial charge in [0.1, 0.15) is 16.9 Å². The maximum atomic E-state index is 13.2. The van der Waals surface area contributed by atoms with Gasteiger partial charge in [-0.15, -0.1) is 0 Å². The number of nitrogens with one attached hydrogen (secondary N) is 1. The van der Waals surface area contributed by atoms with E-state index in [-0.39, 0.29) is 12.1 Å². The molecule has 2 aromatic carbocycles. The number of urea groups is 1. The number of fused-ring (bicyclic) bond motifs is 1. The van der Waals surface area contributed by atoms with E-state index in [4.69, 9.17) is 4.84 Å². The van der Waals surface area contributed by atoms with Gasteiger partial charge in [0, 0.05) is 18.3 Å². The number of aryl methyl sites for hydroxylation is 1. The van der Waals surface area contributed by atoms with Crippen molar-refractivity contribution in [2.45, 2.75) is 38.8 Å². The Morgan fingerprint density at radius 2 is 1.92 bits per heavy atom. The summed E-state index contributed by atoms with van der Waals surface area (Å²) in [6.07, 6.45) is 4.40. The number of imidazole rings is 1. The van der Waals surface area contributed by atoms with E-state index in [0.29, 0.717) is 18.0 Å². The second-order valence-electron chi connectivity index (χ2n) is 9.43. The molecule has 2 N–H and O–H groups in total. The minimum atomic E-state index is -1.09. The molecule has 7 heteroatoms. The number of hydroxylamine groups is 2. The molecule has 0 radical (unpaired) electrons. The van der Waals surface area contributed by atoms with Crippen molar-refractivity contribution >= 4 is 17.4 Å². The number of hydrogen-bond acceptors (Lipinski definition) is 4. The van der Waals surface area contributed by atoms with E-state index in [0.717, 1.165) is 34.3 Å². The zero-order chi connectivity index (χ0) is 25.3. The molecule has 182 valence electrons. The summed E-state index contributed by atoms with van der Waals surface area (Å²) in [5.74, 6) is 5.84. The van der Waals surface area contributed by atoms with Crippen molar-refractivity contribution in [1.29, 1.82) is 0 Å². The van der Waals surface area contributed by atoms with Crippen molar-refractivity contribution in [3.8, 4) is 23.0 Å². The predicted molar refractivity (Wildman–Crippen MR) is 139 cm³/mol. The number of aromatic nitrogens is 2. The normalized spacial score (nSPS) is 15.6. The van der Waals surface area contributed by atoms with Gasteiger partial charge in [-0.05, 0) is 67.1 Å². The highest BCUT2D eigenvalue weighted by atomic mass is 16.7. The van der Waals surface area contributed by atoms with Gasteiger partial charge in [-0.3, -0.25) is 9.24 Å². The maximum Gasteiger partial charge on any atom is 0.346 e. The lowest BCUT2D eigenvalue weighted by Crippen LogP contribution is -2.33. The van der Waals surface area contributed by atoms with Crippen LogP contribution in [-0.2, 0) is 4.84 Å². The smallest absolute Gasteiger partial charge is 0.346 e. The highest BCUT2D eigenvalue weighted by molar-refractivity contribution is 5.91. The van der Waals surface area contributed by atoms with Crippen LogP contribution in [0.5, 0.6) is 0 Å². The molecule has 0 saturated carbocycles. The third-order valence-electron chi connectivity index (χ3n) is 6.10. The molecule has 1 aliphatic rings. The van der Waals surface area contributed by atoms with E-state index in [2.05, 4.69) is 22.1 Å². The molecule has 1 saturated heterocycles. The van der Waals surface area contributed by atoms with Crippen molar-refractivity contribution in [1.82, 2.24) is 14.4 Å². The van der Waals surface area contributed by atoms with Gasteiger partial charge < -0.3 is 10.4 Å². The summed E-state index contributed by atoms with van der Waals surface area (Å²) in [5, 5.41) is 14.4. The summed E-state index contributed by atoms with van der Waals surface area (Å²) >= 11 is 0. The van der Waals surface area contributed by atoms with Gasteiger partial charge in [-0.2, -0.15) is 5.06 Å². The van der Waals surface area contributed by atoms with Gasteiger partial charge in [0.25, 0.3) is 0 Å². The fraction of sp³-hybridized carbons (Fsp3) is 0.241. The molecule has 5 rings (SSSR count). The van der Waals surface area contributed by atoms with Crippen LogP contribution in [0.2, 0.25) is 0 Å². The Labute approximate surface area is 210 Å². The summed E-state index contributed by atoms with van der Waals surface area (Å²) in [6, 6.07) is 19.4. The Morgan fingerprint density at radius 3 is 2.69 bits per heavy atom. The Kier molecular flexibility index (Phi) is 6.23. The van der Waals surface area contributed by atoms with E-state index < -0.39 is 5.60 Å². The van der Waals surface area contributed by atoms with Crippen molar-refractivity contribution in [3.63, 3.8) is 0 Å². The maximum absolute atomic E-state index is 13.2. The van der Waals surface area contributed by atoms with E-state index in [1.54, 1.807) is 20.0 Å². The van der Waals surface area contributed by atoms with Gasteiger partial charge in [0.05, 0.1) is 18.8 Å². The summed E-state index contributed by atoms with van der Waals surface area (Å²) in [6.45, 7) is 5.75. The number of amides is 2. The van der Waals surface area contributed by atoms with E-state index in [1.165, 1.54) is 5.06 Å². The second-order valence-corrected chi connectivity index (χ2v) is 9.43. The van der Waals surface area contributed by atoms with Gasteiger partial charge in [0.2, 0.25) is 0 Å². The minimum absolute atomic E-state index is 0.123. The monoisotopic (exact) mass is 480 g/mol. The van der Waals surface area contributed by atoms with Crippen molar-refractivity contribution in [3.05, 3.63) is 89.9 Å². The predicted octanol–water partition coefficient (Wildman–Crippen LogP) is 5.34. The molecule has 3 heterocycles. The lowest BCUT2D eigenvalue weighted by Gasteiger charge is -2.23. The van der Waals surface area contributed by atoms with E-state index >= 15 is 0 Å². The lowest BCUT2D eigenvalue weighted by molar-refractivity contribution is -0.0829. The van der Waals surface area contributed by atoms with Crippen LogP contribution in [0.1, 0.15) is 43.1 Å². The molecule has 1 atom stereocenters. The Bertz CT molecular complexity index is 1480. The largest absolute Gasteiger partial charge is 0.378 e. The summed E-state index contributed by atoms with van der Waals surface area (Å²) in [4.78, 5) is 23.3. The first-order valence-electron chi connectivity index (χ1n) is 11.9. The first-order chi connectivity index (χ1) is 17.3. The van der Waals surface area contributed by atoms with Crippen LogP contribution in [0.15, 0.2) is 73.1 Å². The SMILES string of the molecule is Cc1ccc(-c2ccc3ncc(C#CC(C)(C)O)n3c2)cc1NC(=O)N1OCC[C@H]1c1ccccc1. The minimum Gasteiger partial charge on any atom is -0.378 e. The van der Waals surface area contributed by atoms with Crippen LogP contribution in [0.3, 0.4) is 0 Å². The number of carbonyl (C=O) groups is 1. The molecule has 0 spiro atoms. The number of carbonyl (C=O) groups excluding carboxylic acids is 1. The average Bonchev–Trinajstić information content (AvgIpc) is 3.51. The molecule has 36 heavy (non-hydrogen) atoms. The molecule has 2 aromatic heterocycles. The number of aliphatic hydroxyl groups is 1. The molecule has 1 aliphatic heterocycles. The fourth-order valence-electron chi connectivity index (χ4n) is 4.21. The molecule has 7 nitrogen and oxygen atoms in total. The number of nitrogens with zero attached hydrogens (tertiary/aromatic N) is 3. The third kappa shape index (κ3) is 4.96. The van der Waals surface area contributed by atoms with Gasteiger partial charge in [0.15, 0.2) is 0 Å². The molecule has 0 aliphatic carbocycles. The third-order valence-corrected chi connectivity index (χ3v) is 6.10. The Hall–Kier alpha value is -4.12. The summed E-state index contributed by atoms with van der Waals surface area (Å²) in [7, 11) is 0. The highest BCUT2D eigenvalue weighted by Crippen LogP contribution is 2.32. The molecule has 0 unspecified atom stereocenters. The number of pyridine rings is 1. The summed E-state index contributed by atoms with van der Waals surface area (Å²) < 4.78 is 1.90. The average molecular weight is 481 g/mol. The zero-order valence-corrected chi connectivity index (χ0v) is 20.5. The van der Waals surface area contributed by atoms with Gasteiger partial charge >= 0.3 is 6.03 Å². The van der Waals surface area contributed by atoms with E-state index in [1.807, 2.05) is 78.2 Å². The van der Waals surface area contributed by atoms with Crippen molar-refractivity contribution in [2.24, 2.45) is 0 Å². The standard InChI is InChI=1S/C29H28N4O3/c1-20-9-10-22(23-11-12-27-30-18-24(32(27)19-23)13-15-29(2,3)35)17-25(20)31-28(34)33-26(14-16-36-33)21-7-5-4-6-8-21/h4-12,17-19,26,35H,14,16H2,1-3H3,(H,31,34)/t26-/m0/s1. The van der Waals surface area contributed by atoms with Crippen LogP contribution in [0.25, 0.3) is 16.8 Å². The number of anilines is 1. The summed E-state index contributed by atoms with van der Waals surface area (Å²) in [5.41, 5.74) is 4.95. The van der Waals surface area contributed by atoms with Crippen molar-refractivity contribution < 1.29 is 14.7 Å². The molecular formula is C29H28N4O3. The van der Waals surface area contributed by atoms with Crippen molar-refractivity contribution in [2.75, 3.05) is 11.9 Å². The van der Waals surface area contributed by atoms with Crippen LogP contribution in [0.4, 0.5) is 10.5 Å². The molecule has 2 amide bonds. The molecular weight excluding hydrogens is 452 g/mol. The quantitative estimate of drug-likeness (QED) is 0.388. The zero-order valence-electron chi connectivity index (χ0n) is 20.5. The number of hydrogen-bond donors (Lipinski definition) is 2. The highest BCUT2D eigenvalue weighted by Gasteiger charge is 2.32. The molecule has 4 aromatic rings. The van der Waals surface area contributed by atoms with Crippen LogP contribution >= 0.6 is 0 Å². The Balaban J connectivity index is 1.42. The second kappa shape index (κ2) is 9.50. The van der Waals surface area contributed by atoms with E-state index in [9.17, 15) is 9.90 Å². The lowest BCUT2D eigenvalue weighted by atomic mass is 10.0. The topological polar surface area (TPSA) is 79.1 Å². The van der Waals surface area contributed by atoms with Gasteiger partial charge in [-0.1, -0.05) is 48.4 Å². The van der Waals surface area contributed by atoms with Gasteiger partial charge in [-0.25, -0.2) is 9.78 Å². The van der Waals surface area contributed by atoms with Crippen LogP contribution < -0.4 is 5.32 Å². The number of benzene rings is 2. The Morgan fingerprint density at radius 1 is 1.14 bits per heavy atom. The fourth-order valence-corrected chi connectivity index (χ4v) is 4.21. The molecule has 1 fully saturated rings. The van der Waals surface area contributed by atoms with Crippen LogP contribution in [-0.4, -0.2) is 37.8 Å². The van der Waals surface area contributed by atoms with Crippen LogP contribution in [0, 0.1) is 18.8 Å².